The molecule has 1 aromatic carbocycles. The van der Waals surface area contributed by atoms with E-state index >= 15 is 0 Å². The van der Waals surface area contributed by atoms with Crippen LogP contribution in [0, 0.1) is 5.92 Å². The third kappa shape index (κ3) is 2.92. The molecule has 118 valence electrons. The third-order valence-electron chi connectivity index (χ3n) is 4.96. The SMILES string of the molecule is C=C(c1ccccc1)N1C(=O)CC[C@H]1C1CCC(F)(F)CC1. The van der Waals surface area contributed by atoms with Crippen LogP contribution in [0.2, 0.25) is 0 Å². The van der Waals surface area contributed by atoms with Crippen molar-refractivity contribution in [3.63, 3.8) is 0 Å². The lowest BCUT2D eigenvalue weighted by Crippen LogP contribution is -2.39. The van der Waals surface area contributed by atoms with Gasteiger partial charge in [-0.3, -0.25) is 4.79 Å². The molecule has 22 heavy (non-hydrogen) atoms. The molecule has 1 aliphatic heterocycles. The molecule has 2 fully saturated rings. The summed E-state index contributed by atoms with van der Waals surface area (Å²) in [6.45, 7) is 4.09. The maximum Gasteiger partial charge on any atom is 0.248 e. The fraction of sp³-hybridized carbons (Fsp3) is 0.500. The minimum Gasteiger partial charge on any atom is -0.309 e. The van der Waals surface area contributed by atoms with E-state index in [0.717, 1.165) is 12.0 Å². The van der Waals surface area contributed by atoms with Crippen molar-refractivity contribution in [2.45, 2.75) is 50.5 Å². The van der Waals surface area contributed by atoms with Crippen molar-refractivity contribution in [1.82, 2.24) is 4.90 Å². The van der Waals surface area contributed by atoms with Crippen molar-refractivity contribution in [2.75, 3.05) is 0 Å². The van der Waals surface area contributed by atoms with E-state index in [1.807, 2.05) is 30.3 Å². The van der Waals surface area contributed by atoms with E-state index in [-0.39, 0.29) is 30.7 Å². The first kappa shape index (κ1) is 15.2. The Morgan fingerprint density at radius 1 is 1.14 bits per heavy atom. The van der Waals surface area contributed by atoms with Crippen LogP contribution in [0.4, 0.5) is 8.78 Å². The average molecular weight is 305 g/mol. The zero-order valence-electron chi connectivity index (χ0n) is 12.6. The number of hydrogen-bond acceptors (Lipinski definition) is 1. The topological polar surface area (TPSA) is 20.3 Å². The molecule has 0 unspecified atom stereocenters. The summed E-state index contributed by atoms with van der Waals surface area (Å²) in [5, 5.41) is 0. The number of benzene rings is 1. The van der Waals surface area contributed by atoms with E-state index in [2.05, 4.69) is 6.58 Å². The van der Waals surface area contributed by atoms with Crippen LogP contribution in [0.25, 0.3) is 5.70 Å². The smallest absolute Gasteiger partial charge is 0.248 e. The Hall–Kier alpha value is -1.71. The summed E-state index contributed by atoms with van der Waals surface area (Å²) in [5.74, 6) is -2.30. The van der Waals surface area contributed by atoms with Gasteiger partial charge in [0, 0.05) is 31.0 Å². The summed E-state index contributed by atoms with van der Waals surface area (Å²) in [4.78, 5) is 14.1. The first-order valence-electron chi connectivity index (χ1n) is 7.92. The Morgan fingerprint density at radius 2 is 1.77 bits per heavy atom. The molecule has 0 aromatic heterocycles. The quantitative estimate of drug-likeness (QED) is 0.806. The summed E-state index contributed by atoms with van der Waals surface area (Å²) in [5.41, 5.74) is 1.62. The molecule has 1 aromatic rings. The molecule has 1 saturated heterocycles. The van der Waals surface area contributed by atoms with Crippen molar-refractivity contribution in [1.29, 1.82) is 0 Å². The molecule has 4 heteroatoms. The maximum atomic E-state index is 13.4. The van der Waals surface area contributed by atoms with Gasteiger partial charge in [0.25, 0.3) is 0 Å². The zero-order chi connectivity index (χ0) is 15.7. The monoisotopic (exact) mass is 305 g/mol. The van der Waals surface area contributed by atoms with Gasteiger partial charge >= 0.3 is 0 Å². The van der Waals surface area contributed by atoms with Gasteiger partial charge in [-0.1, -0.05) is 36.9 Å². The highest BCUT2D eigenvalue weighted by Crippen LogP contribution is 2.42. The van der Waals surface area contributed by atoms with E-state index in [1.165, 1.54) is 0 Å². The Morgan fingerprint density at radius 3 is 2.41 bits per heavy atom. The number of halogens is 2. The average Bonchev–Trinajstić information content (AvgIpc) is 2.89. The lowest BCUT2D eigenvalue weighted by Gasteiger charge is -2.37. The molecule has 0 radical (unpaired) electrons. The summed E-state index contributed by atoms with van der Waals surface area (Å²) in [6, 6.07) is 9.63. The Balaban J connectivity index is 1.77. The molecule has 1 heterocycles. The summed E-state index contributed by atoms with van der Waals surface area (Å²) < 4.78 is 26.7. The van der Waals surface area contributed by atoms with E-state index in [0.29, 0.717) is 25.0 Å². The van der Waals surface area contributed by atoms with Crippen LogP contribution in [0.3, 0.4) is 0 Å². The predicted molar refractivity (Wildman–Crippen MR) is 82.2 cm³/mol. The van der Waals surface area contributed by atoms with Crippen LogP contribution >= 0.6 is 0 Å². The second-order valence-corrected chi connectivity index (χ2v) is 6.38. The molecule has 1 aliphatic carbocycles. The second kappa shape index (κ2) is 5.82. The van der Waals surface area contributed by atoms with Crippen LogP contribution in [0.1, 0.15) is 44.1 Å². The van der Waals surface area contributed by atoms with Gasteiger partial charge in [-0.05, 0) is 30.7 Å². The van der Waals surface area contributed by atoms with Crippen LogP contribution < -0.4 is 0 Å². The number of nitrogens with zero attached hydrogens (tertiary/aromatic N) is 1. The summed E-state index contributed by atoms with van der Waals surface area (Å²) >= 11 is 0. The molecule has 0 bridgehead atoms. The highest BCUT2D eigenvalue weighted by Gasteiger charge is 2.43. The molecule has 1 atom stereocenters. The van der Waals surface area contributed by atoms with Gasteiger partial charge in [0.2, 0.25) is 11.8 Å². The van der Waals surface area contributed by atoms with Crippen LogP contribution in [-0.2, 0) is 4.79 Å². The van der Waals surface area contributed by atoms with Gasteiger partial charge in [0.1, 0.15) is 0 Å². The molecule has 0 N–H and O–H groups in total. The molecule has 0 spiro atoms. The maximum absolute atomic E-state index is 13.4. The predicted octanol–water partition coefficient (Wildman–Crippen LogP) is 4.47. The first-order valence-corrected chi connectivity index (χ1v) is 7.92. The number of carbonyl (C=O) groups is 1. The van der Waals surface area contributed by atoms with Gasteiger partial charge in [-0.15, -0.1) is 0 Å². The molecular weight excluding hydrogens is 284 g/mol. The van der Waals surface area contributed by atoms with Crippen molar-refractivity contribution in [3.05, 3.63) is 42.5 Å². The standard InChI is InChI=1S/C18H21F2NO/c1-13(14-5-3-2-4-6-14)21-16(7-8-17(21)22)15-9-11-18(19,20)12-10-15/h2-6,15-16H,1,7-12H2/t16-/m0/s1. The van der Waals surface area contributed by atoms with Crippen LogP contribution in [-0.4, -0.2) is 22.8 Å². The molecule has 1 saturated carbocycles. The number of alkyl halides is 2. The number of rotatable bonds is 3. The summed E-state index contributed by atoms with van der Waals surface area (Å²) in [6.07, 6.45) is 2.10. The van der Waals surface area contributed by atoms with Crippen molar-refractivity contribution >= 4 is 11.6 Å². The minimum atomic E-state index is -2.53. The zero-order valence-corrected chi connectivity index (χ0v) is 12.6. The van der Waals surface area contributed by atoms with Gasteiger partial charge in [0.15, 0.2) is 0 Å². The normalized spacial score (nSPS) is 25.5. The number of hydrogen-bond donors (Lipinski definition) is 0. The van der Waals surface area contributed by atoms with Crippen molar-refractivity contribution in [3.8, 4) is 0 Å². The highest BCUT2D eigenvalue weighted by atomic mass is 19.3. The highest BCUT2D eigenvalue weighted by molar-refractivity contribution is 5.88. The van der Waals surface area contributed by atoms with Crippen molar-refractivity contribution in [2.24, 2.45) is 5.92 Å². The Labute approximate surface area is 129 Å². The molecule has 3 rings (SSSR count). The number of likely N-dealkylation sites (tertiary alicyclic amines) is 1. The minimum absolute atomic E-state index is 0.0244. The Kier molecular flexibility index (Phi) is 4.02. The third-order valence-corrected chi connectivity index (χ3v) is 4.96. The van der Waals surface area contributed by atoms with E-state index < -0.39 is 5.92 Å². The van der Waals surface area contributed by atoms with Crippen molar-refractivity contribution < 1.29 is 13.6 Å². The number of amides is 1. The van der Waals surface area contributed by atoms with Gasteiger partial charge in [0.05, 0.1) is 0 Å². The summed E-state index contributed by atoms with van der Waals surface area (Å²) in [7, 11) is 0. The van der Waals surface area contributed by atoms with E-state index in [1.54, 1.807) is 4.90 Å². The van der Waals surface area contributed by atoms with E-state index in [9.17, 15) is 13.6 Å². The molecule has 2 aliphatic rings. The number of carbonyl (C=O) groups excluding carboxylic acids is 1. The van der Waals surface area contributed by atoms with Crippen LogP contribution in [0.5, 0.6) is 0 Å². The molecule has 1 amide bonds. The fourth-order valence-electron chi connectivity index (χ4n) is 3.72. The first-order chi connectivity index (χ1) is 10.5. The van der Waals surface area contributed by atoms with Gasteiger partial charge < -0.3 is 4.90 Å². The lowest BCUT2D eigenvalue weighted by atomic mass is 9.81. The van der Waals surface area contributed by atoms with E-state index in [4.69, 9.17) is 0 Å². The molecular formula is C18H21F2NO. The van der Waals surface area contributed by atoms with Gasteiger partial charge in [-0.2, -0.15) is 0 Å². The lowest BCUT2D eigenvalue weighted by molar-refractivity contribution is -0.126. The second-order valence-electron chi connectivity index (χ2n) is 6.38. The fourth-order valence-corrected chi connectivity index (χ4v) is 3.72. The Bertz CT molecular complexity index is 560. The van der Waals surface area contributed by atoms with Gasteiger partial charge in [-0.25, -0.2) is 8.78 Å². The largest absolute Gasteiger partial charge is 0.309 e. The molecule has 2 nitrogen and oxygen atoms in total. The van der Waals surface area contributed by atoms with Crippen LogP contribution in [0.15, 0.2) is 36.9 Å².